The number of hydrogen-bond acceptors (Lipinski definition) is 0. The molecule has 0 aliphatic heterocycles. The maximum atomic E-state index is 3.89. The van der Waals surface area contributed by atoms with Gasteiger partial charge in [0.2, 0.25) is 0 Å². The minimum Gasteiger partial charge on any atom is -0.0988 e. The third-order valence-corrected chi connectivity index (χ3v) is 2.37. The van der Waals surface area contributed by atoms with Crippen molar-refractivity contribution < 1.29 is 0 Å². The molecule has 0 saturated carbocycles. The van der Waals surface area contributed by atoms with Gasteiger partial charge in [-0.2, -0.15) is 0 Å². The van der Waals surface area contributed by atoms with E-state index >= 15 is 0 Å². The predicted octanol–water partition coefficient (Wildman–Crippen LogP) is 4.26. The smallest absolute Gasteiger partial charge is 0.0248 e. The van der Waals surface area contributed by atoms with E-state index in [4.69, 9.17) is 0 Å². The zero-order valence-corrected chi connectivity index (χ0v) is 8.61. The van der Waals surface area contributed by atoms with Crippen LogP contribution in [0.2, 0.25) is 0 Å². The van der Waals surface area contributed by atoms with Crippen LogP contribution in [0.3, 0.4) is 0 Å². The lowest BCUT2D eigenvalue weighted by Crippen LogP contribution is -1.85. The maximum absolute atomic E-state index is 3.89. The average molecular weight is 164 g/mol. The summed E-state index contributed by atoms with van der Waals surface area (Å²) in [5.74, 6) is 0. The molecular weight excluding hydrogens is 144 g/mol. The van der Waals surface area contributed by atoms with Crippen LogP contribution < -0.4 is 0 Å². The van der Waals surface area contributed by atoms with Crippen molar-refractivity contribution in [2.24, 2.45) is 0 Å². The lowest BCUT2D eigenvalue weighted by molar-refractivity contribution is 0.906. The van der Waals surface area contributed by atoms with E-state index < -0.39 is 0 Å². The Bertz CT molecular complexity index is 194. The van der Waals surface area contributed by atoms with Crippen molar-refractivity contribution in [1.82, 2.24) is 0 Å². The lowest BCUT2D eigenvalue weighted by atomic mass is 10.0. The second kappa shape index (κ2) is 5.82. The molecule has 0 radical (unpaired) electrons. The Morgan fingerprint density at radius 3 is 2.17 bits per heavy atom. The first-order valence-electron chi connectivity index (χ1n) is 4.57. The van der Waals surface area contributed by atoms with Crippen molar-refractivity contribution in [1.29, 1.82) is 0 Å². The quantitative estimate of drug-likeness (QED) is 0.421. The standard InChI is InChI=1S/C12H20/c1-6-10(3)8-9-12(5)11(4)7-2/h6H,1,3,7-9H2,2,4-5H3/b12-11+. The fourth-order valence-corrected chi connectivity index (χ4v) is 0.965. The van der Waals surface area contributed by atoms with Crippen LogP contribution in [-0.4, -0.2) is 0 Å². The molecule has 0 heteroatoms. The van der Waals surface area contributed by atoms with Crippen LogP contribution in [0.1, 0.15) is 40.0 Å². The highest BCUT2D eigenvalue weighted by Crippen LogP contribution is 2.15. The number of allylic oxidation sites excluding steroid dienone is 4. The molecule has 0 nitrogen and oxygen atoms in total. The molecule has 68 valence electrons. The van der Waals surface area contributed by atoms with Gasteiger partial charge in [0.1, 0.15) is 0 Å². The largest absolute Gasteiger partial charge is 0.0988 e. The van der Waals surface area contributed by atoms with Crippen molar-refractivity contribution in [2.75, 3.05) is 0 Å². The van der Waals surface area contributed by atoms with E-state index in [2.05, 4.69) is 33.9 Å². The molecule has 0 aliphatic rings. The van der Waals surface area contributed by atoms with Crippen LogP contribution in [0, 0.1) is 0 Å². The average Bonchev–Trinajstić information content (AvgIpc) is 2.11. The molecule has 0 aliphatic carbocycles. The minimum atomic E-state index is 1.05. The molecule has 0 amide bonds. The molecule has 0 heterocycles. The van der Waals surface area contributed by atoms with Gasteiger partial charge in [-0.05, 0) is 33.1 Å². The van der Waals surface area contributed by atoms with E-state index in [0.29, 0.717) is 0 Å². The van der Waals surface area contributed by atoms with Gasteiger partial charge >= 0.3 is 0 Å². The molecule has 0 aromatic heterocycles. The van der Waals surface area contributed by atoms with Gasteiger partial charge in [-0.1, -0.05) is 42.9 Å². The van der Waals surface area contributed by atoms with Crippen molar-refractivity contribution >= 4 is 0 Å². The third-order valence-electron chi connectivity index (χ3n) is 2.37. The highest BCUT2D eigenvalue weighted by Gasteiger charge is 1.95. The minimum absolute atomic E-state index is 1.05. The van der Waals surface area contributed by atoms with Crippen molar-refractivity contribution in [2.45, 2.75) is 40.0 Å². The van der Waals surface area contributed by atoms with Gasteiger partial charge in [-0.3, -0.25) is 0 Å². The molecular formula is C12H20. The second-order valence-corrected chi connectivity index (χ2v) is 3.28. The van der Waals surface area contributed by atoms with Crippen LogP contribution in [0.25, 0.3) is 0 Å². The molecule has 12 heavy (non-hydrogen) atoms. The highest BCUT2D eigenvalue weighted by atomic mass is 14.0. The summed E-state index contributed by atoms with van der Waals surface area (Å²) in [7, 11) is 0. The van der Waals surface area contributed by atoms with Gasteiger partial charge in [0.25, 0.3) is 0 Å². The molecule has 0 spiro atoms. The first-order valence-corrected chi connectivity index (χ1v) is 4.57. The maximum Gasteiger partial charge on any atom is -0.0248 e. The van der Waals surface area contributed by atoms with Gasteiger partial charge in [-0.25, -0.2) is 0 Å². The Morgan fingerprint density at radius 2 is 1.75 bits per heavy atom. The van der Waals surface area contributed by atoms with Crippen molar-refractivity contribution in [3.05, 3.63) is 36.0 Å². The van der Waals surface area contributed by atoms with Gasteiger partial charge in [-0.15, -0.1) is 0 Å². The van der Waals surface area contributed by atoms with Crippen molar-refractivity contribution in [3.8, 4) is 0 Å². The van der Waals surface area contributed by atoms with Crippen LogP contribution in [0.15, 0.2) is 36.0 Å². The topological polar surface area (TPSA) is 0 Å². The van der Waals surface area contributed by atoms with E-state index in [1.54, 1.807) is 0 Å². The molecule has 0 aromatic rings. The van der Waals surface area contributed by atoms with E-state index in [9.17, 15) is 0 Å². The van der Waals surface area contributed by atoms with E-state index in [0.717, 1.165) is 24.8 Å². The van der Waals surface area contributed by atoms with Gasteiger partial charge in [0.05, 0.1) is 0 Å². The Kier molecular flexibility index (Phi) is 5.44. The zero-order chi connectivity index (χ0) is 9.56. The predicted molar refractivity (Wildman–Crippen MR) is 57.2 cm³/mol. The molecule has 0 saturated heterocycles. The first-order chi connectivity index (χ1) is 5.61. The monoisotopic (exact) mass is 164 g/mol. The first kappa shape index (κ1) is 11.2. The van der Waals surface area contributed by atoms with Gasteiger partial charge < -0.3 is 0 Å². The van der Waals surface area contributed by atoms with E-state index in [1.165, 1.54) is 11.1 Å². The summed E-state index contributed by atoms with van der Waals surface area (Å²) >= 11 is 0. The molecule has 0 fully saturated rings. The molecule has 0 unspecified atom stereocenters. The summed E-state index contributed by atoms with van der Waals surface area (Å²) in [5.41, 5.74) is 4.14. The summed E-state index contributed by atoms with van der Waals surface area (Å²) in [6.07, 6.45) is 5.18. The summed E-state index contributed by atoms with van der Waals surface area (Å²) in [5, 5.41) is 0. The van der Waals surface area contributed by atoms with Crippen molar-refractivity contribution in [3.63, 3.8) is 0 Å². The Morgan fingerprint density at radius 1 is 1.17 bits per heavy atom. The van der Waals surface area contributed by atoms with Crippen LogP contribution in [-0.2, 0) is 0 Å². The number of hydrogen-bond donors (Lipinski definition) is 0. The summed E-state index contributed by atoms with van der Waals surface area (Å²) < 4.78 is 0. The molecule has 0 aromatic carbocycles. The van der Waals surface area contributed by atoms with Crippen LogP contribution >= 0.6 is 0 Å². The second-order valence-electron chi connectivity index (χ2n) is 3.28. The third kappa shape index (κ3) is 4.17. The summed E-state index contributed by atoms with van der Waals surface area (Å²) in [6, 6.07) is 0. The molecule has 0 rings (SSSR count). The zero-order valence-electron chi connectivity index (χ0n) is 8.61. The highest BCUT2D eigenvalue weighted by molar-refractivity contribution is 5.15. The van der Waals surface area contributed by atoms with Crippen LogP contribution in [0.4, 0.5) is 0 Å². The molecule has 0 N–H and O–H groups in total. The lowest BCUT2D eigenvalue weighted by Gasteiger charge is -2.05. The van der Waals surface area contributed by atoms with Gasteiger partial charge in [0, 0.05) is 0 Å². The van der Waals surface area contributed by atoms with Gasteiger partial charge in [0.15, 0.2) is 0 Å². The fraction of sp³-hybridized carbons (Fsp3) is 0.500. The van der Waals surface area contributed by atoms with E-state index in [1.807, 2.05) is 6.08 Å². The molecule has 0 atom stereocenters. The van der Waals surface area contributed by atoms with Crippen LogP contribution in [0.5, 0.6) is 0 Å². The Labute approximate surface area is 76.7 Å². The SMILES string of the molecule is C=CC(=C)CC/C(C)=C(\C)CC. The summed E-state index contributed by atoms with van der Waals surface area (Å²) in [6.45, 7) is 14.2. The summed E-state index contributed by atoms with van der Waals surface area (Å²) in [4.78, 5) is 0. The van der Waals surface area contributed by atoms with E-state index in [-0.39, 0.29) is 0 Å². The Hall–Kier alpha value is -0.780. The normalized spacial score (nSPS) is 12.2. The molecule has 0 bridgehead atoms. The number of rotatable bonds is 5. The Balaban J connectivity index is 3.93. The fourth-order valence-electron chi connectivity index (χ4n) is 0.965.